The molecule has 1 heterocycles. The van der Waals surface area contributed by atoms with Gasteiger partial charge < -0.3 is 10.0 Å². The Kier molecular flexibility index (Phi) is 3.71. The molecule has 1 saturated carbocycles. The Morgan fingerprint density at radius 2 is 2.05 bits per heavy atom. The van der Waals surface area contributed by atoms with Crippen molar-refractivity contribution in [2.45, 2.75) is 38.8 Å². The molecule has 1 amide bonds. The second kappa shape index (κ2) is 5.13. The molecular weight excluding hydrogens is 266 g/mol. The molecular formula is C13H15NO4S. The number of aliphatic carboxylic acids is 1. The smallest absolute Gasteiger partial charge is 0.326 e. The summed E-state index contributed by atoms with van der Waals surface area (Å²) in [5.74, 6) is -1.40. The summed E-state index contributed by atoms with van der Waals surface area (Å²) < 4.78 is 0. The number of carboxylic acids is 1. The number of Topliss-reactive ketones (excluding diaryl/α,β-unsaturated/α-hetero) is 1. The van der Waals surface area contributed by atoms with Gasteiger partial charge in [-0.1, -0.05) is 0 Å². The van der Waals surface area contributed by atoms with Crippen molar-refractivity contribution in [2.24, 2.45) is 0 Å². The lowest BCUT2D eigenvalue weighted by molar-refractivity contribution is -0.141. The van der Waals surface area contributed by atoms with Crippen LogP contribution < -0.4 is 0 Å². The van der Waals surface area contributed by atoms with Crippen molar-refractivity contribution >= 4 is 29.0 Å². The first-order chi connectivity index (χ1) is 8.91. The molecule has 1 fully saturated rings. The fraction of sp³-hybridized carbons (Fsp3) is 0.462. The average molecular weight is 281 g/mol. The predicted molar refractivity (Wildman–Crippen MR) is 70.6 cm³/mol. The molecule has 2 rings (SSSR count). The molecule has 102 valence electrons. The third kappa shape index (κ3) is 2.84. The highest BCUT2D eigenvalue weighted by Crippen LogP contribution is 2.31. The number of thiophene rings is 1. The molecule has 0 saturated heterocycles. The van der Waals surface area contributed by atoms with Gasteiger partial charge in [0.05, 0.1) is 4.88 Å². The first kappa shape index (κ1) is 13.7. The van der Waals surface area contributed by atoms with E-state index in [1.165, 1.54) is 30.1 Å². The Labute approximate surface area is 114 Å². The Hall–Kier alpha value is -1.69. The molecule has 5 nitrogen and oxygen atoms in total. The summed E-state index contributed by atoms with van der Waals surface area (Å²) in [5, 5.41) is 10.7. The van der Waals surface area contributed by atoms with Crippen LogP contribution in [-0.2, 0) is 4.79 Å². The van der Waals surface area contributed by atoms with Crippen molar-refractivity contribution in [1.29, 1.82) is 0 Å². The normalized spacial score (nSPS) is 15.9. The van der Waals surface area contributed by atoms with Crippen LogP contribution in [0.5, 0.6) is 0 Å². The maximum Gasteiger partial charge on any atom is 0.326 e. The van der Waals surface area contributed by atoms with Crippen LogP contribution in [0.1, 0.15) is 46.7 Å². The summed E-state index contributed by atoms with van der Waals surface area (Å²) in [7, 11) is 0. The van der Waals surface area contributed by atoms with Gasteiger partial charge in [-0.05, 0) is 32.8 Å². The fourth-order valence-electron chi connectivity index (χ4n) is 1.89. The van der Waals surface area contributed by atoms with E-state index in [2.05, 4.69) is 0 Å². The van der Waals surface area contributed by atoms with Crippen molar-refractivity contribution in [2.75, 3.05) is 0 Å². The number of carbonyl (C=O) groups excluding carboxylic acids is 2. The minimum Gasteiger partial charge on any atom is -0.480 e. The molecule has 1 N–H and O–H groups in total. The second-order valence-electron chi connectivity index (χ2n) is 4.71. The third-order valence-corrected chi connectivity index (χ3v) is 4.08. The summed E-state index contributed by atoms with van der Waals surface area (Å²) in [6.45, 7) is 2.95. The van der Waals surface area contributed by atoms with Crippen molar-refractivity contribution in [3.63, 3.8) is 0 Å². The highest BCUT2D eigenvalue weighted by atomic mass is 32.1. The van der Waals surface area contributed by atoms with Gasteiger partial charge >= 0.3 is 5.97 Å². The second-order valence-corrected chi connectivity index (χ2v) is 5.62. The lowest BCUT2D eigenvalue weighted by Crippen LogP contribution is -2.44. The molecule has 1 aromatic rings. The van der Waals surface area contributed by atoms with Crippen LogP contribution in [0.2, 0.25) is 0 Å². The van der Waals surface area contributed by atoms with Gasteiger partial charge in [-0.2, -0.15) is 0 Å². The van der Waals surface area contributed by atoms with E-state index < -0.39 is 12.0 Å². The molecule has 1 aliphatic carbocycles. The number of nitrogens with zero attached hydrogens (tertiary/aromatic N) is 1. The maximum absolute atomic E-state index is 12.4. The standard InChI is InChI=1S/C13H15NO4S/c1-7(13(17)18)14(10-3-4-10)12(16)11-5-9(6-19-11)8(2)15/h5-7,10H,3-4H2,1-2H3,(H,17,18). The minimum absolute atomic E-state index is 0.0153. The van der Waals surface area contributed by atoms with E-state index >= 15 is 0 Å². The highest BCUT2D eigenvalue weighted by Gasteiger charge is 2.39. The zero-order valence-electron chi connectivity index (χ0n) is 10.8. The number of carbonyl (C=O) groups is 3. The Morgan fingerprint density at radius 1 is 1.42 bits per heavy atom. The molecule has 1 aromatic heterocycles. The van der Waals surface area contributed by atoms with Gasteiger partial charge in [0.2, 0.25) is 0 Å². The molecule has 0 radical (unpaired) electrons. The highest BCUT2D eigenvalue weighted by molar-refractivity contribution is 7.12. The predicted octanol–water partition coefficient (Wildman–Crippen LogP) is 2.03. The zero-order valence-corrected chi connectivity index (χ0v) is 11.6. The van der Waals surface area contributed by atoms with E-state index in [1.54, 1.807) is 11.4 Å². The molecule has 0 aliphatic heterocycles. The van der Waals surface area contributed by atoms with Crippen molar-refractivity contribution in [3.05, 3.63) is 21.9 Å². The molecule has 0 aromatic carbocycles. The van der Waals surface area contributed by atoms with Crippen molar-refractivity contribution in [3.8, 4) is 0 Å². The van der Waals surface area contributed by atoms with Gasteiger partial charge in [-0.25, -0.2) is 4.79 Å². The van der Waals surface area contributed by atoms with Crippen LogP contribution in [0.25, 0.3) is 0 Å². The topological polar surface area (TPSA) is 74.7 Å². The van der Waals surface area contributed by atoms with Crippen LogP contribution in [0, 0.1) is 0 Å². The number of hydrogen-bond acceptors (Lipinski definition) is 4. The molecule has 1 unspecified atom stereocenters. The van der Waals surface area contributed by atoms with Crippen molar-refractivity contribution < 1.29 is 19.5 Å². The fourth-order valence-corrected chi connectivity index (χ4v) is 2.78. The first-order valence-corrected chi connectivity index (χ1v) is 6.94. The van der Waals surface area contributed by atoms with E-state index in [-0.39, 0.29) is 17.7 Å². The monoisotopic (exact) mass is 281 g/mol. The molecule has 19 heavy (non-hydrogen) atoms. The number of ketones is 1. The molecule has 1 aliphatic rings. The Bertz CT molecular complexity index is 533. The third-order valence-electron chi connectivity index (χ3n) is 3.17. The van der Waals surface area contributed by atoms with E-state index in [4.69, 9.17) is 5.11 Å². The molecule has 6 heteroatoms. The number of rotatable bonds is 5. The lowest BCUT2D eigenvalue weighted by atomic mass is 10.2. The largest absolute Gasteiger partial charge is 0.480 e. The zero-order chi connectivity index (χ0) is 14.2. The van der Waals surface area contributed by atoms with Crippen molar-refractivity contribution in [1.82, 2.24) is 4.90 Å². The van der Waals surface area contributed by atoms with Gasteiger partial charge in [0.25, 0.3) is 5.91 Å². The van der Waals surface area contributed by atoms with E-state index in [0.29, 0.717) is 10.4 Å². The van der Waals surface area contributed by atoms with Gasteiger partial charge in [0.15, 0.2) is 5.78 Å². The summed E-state index contributed by atoms with van der Waals surface area (Å²) in [6.07, 6.45) is 1.68. The first-order valence-electron chi connectivity index (χ1n) is 6.06. The Morgan fingerprint density at radius 3 is 2.47 bits per heavy atom. The van der Waals surface area contributed by atoms with Crippen LogP contribution in [0.3, 0.4) is 0 Å². The van der Waals surface area contributed by atoms with Gasteiger partial charge in [-0.15, -0.1) is 11.3 Å². The summed E-state index contributed by atoms with van der Waals surface area (Å²) in [5.41, 5.74) is 0.493. The van der Waals surface area contributed by atoms with Gasteiger partial charge in [0, 0.05) is 17.0 Å². The van der Waals surface area contributed by atoms with E-state index in [9.17, 15) is 14.4 Å². The summed E-state index contributed by atoms with van der Waals surface area (Å²) >= 11 is 1.18. The van der Waals surface area contributed by atoms with Crippen LogP contribution in [-0.4, -0.2) is 39.7 Å². The average Bonchev–Trinajstić information content (AvgIpc) is 3.04. The lowest BCUT2D eigenvalue weighted by Gasteiger charge is -2.25. The summed E-state index contributed by atoms with van der Waals surface area (Å²) in [4.78, 5) is 36.5. The number of hydrogen-bond donors (Lipinski definition) is 1. The molecule has 0 spiro atoms. The number of carboxylic acid groups (broad SMARTS) is 1. The van der Waals surface area contributed by atoms with Crippen LogP contribution in [0.15, 0.2) is 11.4 Å². The minimum atomic E-state index is -1.01. The summed E-state index contributed by atoms with van der Waals surface area (Å²) in [6, 6.07) is 0.712. The molecule has 1 atom stereocenters. The maximum atomic E-state index is 12.4. The van der Waals surface area contributed by atoms with E-state index in [1.807, 2.05) is 0 Å². The van der Waals surface area contributed by atoms with Crippen LogP contribution >= 0.6 is 11.3 Å². The van der Waals surface area contributed by atoms with Crippen LogP contribution in [0.4, 0.5) is 0 Å². The van der Waals surface area contributed by atoms with Gasteiger partial charge in [-0.3, -0.25) is 9.59 Å². The Balaban J connectivity index is 2.23. The SMILES string of the molecule is CC(=O)c1csc(C(=O)N(C2CC2)C(C)C(=O)O)c1. The van der Waals surface area contributed by atoms with Gasteiger partial charge in [0.1, 0.15) is 6.04 Å². The quantitative estimate of drug-likeness (QED) is 0.838. The van der Waals surface area contributed by atoms with E-state index in [0.717, 1.165) is 12.8 Å². The molecule has 0 bridgehead atoms. The number of amides is 1.